The Bertz CT molecular complexity index is 532. The molecule has 2 aromatic rings. The van der Waals surface area contributed by atoms with Crippen molar-refractivity contribution in [2.45, 2.75) is 6.04 Å². The molecular weight excluding hydrogens is 498 g/mol. The lowest BCUT2D eigenvalue weighted by molar-refractivity contribution is 0.870. The van der Waals surface area contributed by atoms with E-state index >= 15 is 0 Å². The van der Waals surface area contributed by atoms with Gasteiger partial charge in [0.25, 0.3) is 0 Å². The molecule has 1 aromatic carbocycles. The number of rotatable bonds is 2. The van der Waals surface area contributed by atoms with Gasteiger partial charge in [-0.1, -0.05) is 31.9 Å². The zero-order valence-corrected chi connectivity index (χ0v) is 15.5. The number of hydrogen-bond acceptors (Lipinski definition) is 2. The minimum Gasteiger partial charge on any atom is -0.320 e. The Morgan fingerprint density at radius 2 is 1.53 bits per heavy atom. The Kier molecular flexibility index (Phi) is 4.88. The van der Waals surface area contributed by atoms with Gasteiger partial charge in [0.15, 0.2) is 0 Å². The quantitative estimate of drug-likeness (QED) is 0.546. The predicted octanol–water partition coefficient (Wildman–Crippen LogP) is 5.85. The molecule has 1 atom stereocenters. The number of nitrogens with two attached hydrogens (primary N) is 1. The van der Waals surface area contributed by atoms with Crippen molar-refractivity contribution in [3.8, 4) is 0 Å². The SMILES string of the molecule is NC(c1cc(Br)cc(Br)c1)c1cc(Br)sc1Br. The van der Waals surface area contributed by atoms with Crippen LogP contribution in [0.3, 0.4) is 0 Å². The molecule has 2 N–H and O–H groups in total. The molecule has 0 bridgehead atoms. The monoisotopic (exact) mass is 501 g/mol. The lowest BCUT2D eigenvalue weighted by Crippen LogP contribution is -2.11. The fraction of sp³-hybridized carbons (Fsp3) is 0.0909. The van der Waals surface area contributed by atoms with Crippen LogP contribution in [-0.2, 0) is 0 Å². The Hall–Kier alpha value is 0.800. The Balaban J connectivity index is 2.43. The van der Waals surface area contributed by atoms with E-state index in [0.717, 1.165) is 27.6 Å². The summed E-state index contributed by atoms with van der Waals surface area (Å²) >= 11 is 15.6. The van der Waals surface area contributed by atoms with Crippen LogP contribution in [0.2, 0.25) is 0 Å². The van der Waals surface area contributed by atoms with Gasteiger partial charge in [0, 0.05) is 8.95 Å². The average Bonchev–Trinajstić information content (AvgIpc) is 2.55. The first-order valence-electron chi connectivity index (χ1n) is 4.63. The lowest BCUT2D eigenvalue weighted by Gasteiger charge is -2.12. The van der Waals surface area contributed by atoms with Gasteiger partial charge in [0.05, 0.1) is 13.6 Å². The summed E-state index contributed by atoms with van der Waals surface area (Å²) in [5.41, 5.74) is 8.44. The maximum Gasteiger partial charge on any atom is 0.0761 e. The van der Waals surface area contributed by atoms with E-state index in [2.05, 4.69) is 63.7 Å². The first-order valence-corrected chi connectivity index (χ1v) is 8.62. The molecule has 1 aromatic heterocycles. The second-order valence-corrected chi connectivity index (χ2v) is 9.04. The van der Waals surface area contributed by atoms with Crippen molar-refractivity contribution in [3.05, 3.63) is 51.9 Å². The Labute approximate surface area is 137 Å². The van der Waals surface area contributed by atoms with Gasteiger partial charge in [-0.15, -0.1) is 11.3 Å². The van der Waals surface area contributed by atoms with Crippen LogP contribution in [0.1, 0.15) is 17.2 Å². The van der Waals surface area contributed by atoms with Crippen molar-refractivity contribution in [2.75, 3.05) is 0 Å². The molecule has 0 fully saturated rings. The van der Waals surface area contributed by atoms with E-state index < -0.39 is 0 Å². The highest BCUT2D eigenvalue weighted by Gasteiger charge is 2.16. The summed E-state index contributed by atoms with van der Waals surface area (Å²) in [6.45, 7) is 0. The smallest absolute Gasteiger partial charge is 0.0761 e. The van der Waals surface area contributed by atoms with Crippen LogP contribution in [0.5, 0.6) is 0 Å². The van der Waals surface area contributed by atoms with Gasteiger partial charge in [-0.2, -0.15) is 0 Å². The molecule has 0 spiro atoms. The molecule has 0 saturated carbocycles. The van der Waals surface area contributed by atoms with E-state index in [1.807, 2.05) is 24.3 Å². The number of hydrogen-bond donors (Lipinski definition) is 1. The molecule has 1 unspecified atom stereocenters. The van der Waals surface area contributed by atoms with Crippen molar-refractivity contribution in [1.29, 1.82) is 0 Å². The van der Waals surface area contributed by atoms with Gasteiger partial charge in [-0.05, 0) is 67.3 Å². The second-order valence-electron chi connectivity index (χ2n) is 3.46. The summed E-state index contributed by atoms with van der Waals surface area (Å²) in [4.78, 5) is 0. The summed E-state index contributed by atoms with van der Waals surface area (Å²) in [6, 6.07) is 7.98. The maximum absolute atomic E-state index is 6.28. The van der Waals surface area contributed by atoms with Crippen molar-refractivity contribution in [3.63, 3.8) is 0 Å². The summed E-state index contributed by atoms with van der Waals surface area (Å²) < 4.78 is 4.17. The van der Waals surface area contributed by atoms with Crippen LogP contribution in [-0.4, -0.2) is 0 Å². The molecule has 1 heterocycles. The van der Waals surface area contributed by atoms with Crippen LogP contribution in [0.4, 0.5) is 0 Å². The normalized spacial score (nSPS) is 12.8. The maximum atomic E-state index is 6.28. The third-order valence-corrected chi connectivity index (χ3v) is 5.56. The highest BCUT2D eigenvalue weighted by molar-refractivity contribution is 9.12. The van der Waals surface area contributed by atoms with Crippen LogP contribution in [0, 0.1) is 0 Å². The predicted molar refractivity (Wildman–Crippen MR) is 87.6 cm³/mol. The Morgan fingerprint density at radius 3 is 2.00 bits per heavy atom. The highest BCUT2D eigenvalue weighted by atomic mass is 79.9. The first kappa shape index (κ1) is 14.2. The summed E-state index contributed by atoms with van der Waals surface area (Å²) in [6.07, 6.45) is 0. The van der Waals surface area contributed by atoms with Gasteiger partial charge in [0.1, 0.15) is 0 Å². The fourth-order valence-corrected chi connectivity index (χ4v) is 5.76. The first-order chi connectivity index (χ1) is 7.97. The van der Waals surface area contributed by atoms with Gasteiger partial charge >= 0.3 is 0 Å². The van der Waals surface area contributed by atoms with Crippen molar-refractivity contribution in [1.82, 2.24) is 0 Å². The topological polar surface area (TPSA) is 26.0 Å². The standard InChI is InChI=1S/C11H7Br4NS/c12-6-1-5(2-7(13)3-6)10(16)8-4-9(14)17-11(8)15/h1-4,10H,16H2. The van der Waals surface area contributed by atoms with Crippen LogP contribution in [0.15, 0.2) is 40.8 Å². The summed E-state index contributed by atoms with van der Waals surface area (Å²) in [7, 11) is 0. The third kappa shape index (κ3) is 3.42. The third-order valence-electron chi connectivity index (χ3n) is 2.26. The minimum absolute atomic E-state index is 0.138. The zero-order valence-electron chi connectivity index (χ0n) is 8.38. The molecule has 0 aliphatic carbocycles. The lowest BCUT2D eigenvalue weighted by atomic mass is 10.0. The van der Waals surface area contributed by atoms with Gasteiger partial charge in [-0.25, -0.2) is 0 Å². The highest BCUT2D eigenvalue weighted by Crippen LogP contribution is 2.37. The zero-order chi connectivity index (χ0) is 12.6. The molecule has 0 amide bonds. The fourth-order valence-electron chi connectivity index (χ4n) is 1.50. The molecule has 0 radical (unpaired) electrons. The molecule has 0 aliphatic rings. The Morgan fingerprint density at radius 1 is 0.941 bits per heavy atom. The van der Waals surface area contributed by atoms with Crippen molar-refractivity contribution in [2.24, 2.45) is 5.73 Å². The molecule has 1 nitrogen and oxygen atoms in total. The molecule has 90 valence electrons. The van der Waals surface area contributed by atoms with Crippen LogP contribution in [0.25, 0.3) is 0 Å². The second kappa shape index (κ2) is 5.84. The van der Waals surface area contributed by atoms with Gasteiger partial charge in [-0.3, -0.25) is 0 Å². The van der Waals surface area contributed by atoms with Gasteiger partial charge < -0.3 is 5.73 Å². The van der Waals surface area contributed by atoms with E-state index in [9.17, 15) is 0 Å². The molecule has 17 heavy (non-hydrogen) atoms. The van der Waals surface area contributed by atoms with E-state index in [1.54, 1.807) is 11.3 Å². The van der Waals surface area contributed by atoms with E-state index in [-0.39, 0.29) is 6.04 Å². The van der Waals surface area contributed by atoms with Crippen LogP contribution >= 0.6 is 75.1 Å². The molecule has 0 aliphatic heterocycles. The minimum atomic E-state index is -0.138. The van der Waals surface area contributed by atoms with E-state index in [4.69, 9.17) is 5.73 Å². The van der Waals surface area contributed by atoms with Gasteiger partial charge in [0.2, 0.25) is 0 Å². The summed E-state index contributed by atoms with van der Waals surface area (Å²) in [5.74, 6) is 0. The number of halogens is 4. The largest absolute Gasteiger partial charge is 0.320 e. The average molecular weight is 505 g/mol. The van der Waals surface area contributed by atoms with Crippen LogP contribution < -0.4 is 5.73 Å². The molecule has 0 saturated heterocycles. The number of thiophene rings is 1. The molecular formula is C11H7Br4NS. The summed E-state index contributed by atoms with van der Waals surface area (Å²) in [5, 5.41) is 0. The molecule has 2 rings (SSSR count). The van der Waals surface area contributed by atoms with E-state index in [1.165, 1.54) is 0 Å². The molecule has 6 heteroatoms. The van der Waals surface area contributed by atoms with Crippen molar-refractivity contribution < 1.29 is 0 Å². The van der Waals surface area contributed by atoms with E-state index in [0.29, 0.717) is 0 Å². The number of benzene rings is 1. The van der Waals surface area contributed by atoms with Crippen molar-refractivity contribution >= 4 is 75.1 Å².